The van der Waals surface area contributed by atoms with Gasteiger partial charge in [-0.25, -0.2) is 14.4 Å². The number of nitrogens with zero attached hydrogens (tertiary/aromatic N) is 3. The maximum Gasteiger partial charge on any atom is 0.302 e. The van der Waals surface area contributed by atoms with Crippen LogP contribution in [0.4, 0.5) is 16.2 Å². The number of oxazole rings is 1. The van der Waals surface area contributed by atoms with Gasteiger partial charge in [0.25, 0.3) is 5.91 Å². The average Bonchev–Trinajstić information content (AvgIpc) is 3.26. The van der Waals surface area contributed by atoms with E-state index >= 15 is 0 Å². The highest BCUT2D eigenvalue weighted by atomic mass is 35.5. The molecule has 2 aromatic heterocycles. The van der Waals surface area contributed by atoms with Crippen molar-refractivity contribution < 1.29 is 18.4 Å². The highest BCUT2D eigenvalue weighted by Crippen LogP contribution is 2.38. The molecule has 192 valence electrons. The molecule has 9 nitrogen and oxygen atoms in total. The van der Waals surface area contributed by atoms with Crippen LogP contribution in [0.25, 0.3) is 11.1 Å². The van der Waals surface area contributed by atoms with Crippen LogP contribution in [0.2, 0.25) is 10.0 Å². The molecule has 1 atom stereocenters. The number of anilines is 2. The number of Topliss-reactive ketones (excluding diaryl/α,β-unsaturated/α-hetero) is 1. The number of nitrogens with one attached hydrogen (secondary N) is 3. The number of aliphatic imine (C=N–C) groups is 1. The van der Waals surface area contributed by atoms with E-state index in [2.05, 4.69) is 30.9 Å². The number of hydrogen-bond donors (Lipinski definition) is 3. The van der Waals surface area contributed by atoms with E-state index in [1.165, 1.54) is 37.4 Å². The van der Waals surface area contributed by atoms with Crippen molar-refractivity contribution in [2.24, 2.45) is 4.99 Å². The highest BCUT2D eigenvalue weighted by Gasteiger charge is 2.32. The molecule has 1 aliphatic heterocycles. The lowest BCUT2D eigenvalue weighted by Crippen LogP contribution is -2.37. The molecule has 3 heterocycles. The van der Waals surface area contributed by atoms with Crippen molar-refractivity contribution in [3.8, 4) is 0 Å². The number of guanidine groups is 1. The van der Waals surface area contributed by atoms with Gasteiger partial charge in [0.05, 0.1) is 15.6 Å². The number of carbonyl (C=O) groups excluding carboxylic acids is 2. The predicted molar refractivity (Wildman–Crippen MR) is 143 cm³/mol. The van der Waals surface area contributed by atoms with Gasteiger partial charge in [0, 0.05) is 29.1 Å². The minimum Gasteiger partial charge on any atom is -0.423 e. The van der Waals surface area contributed by atoms with E-state index in [1.807, 2.05) is 0 Å². The highest BCUT2D eigenvalue weighted by molar-refractivity contribution is 6.42. The number of aromatic nitrogens is 2. The quantitative estimate of drug-likeness (QED) is 0.263. The maximum absolute atomic E-state index is 13.6. The number of pyridine rings is 1. The lowest BCUT2D eigenvalue weighted by atomic mass is 9.95. The molecule has 12 heteroatoms. The molecule has 1 amide bonds. The minimum absolute atomic E-state index is 0.0683. The second-order valence-electron chi connectivity index (χ2n) is 8.38. The van der Waals surface area contributed by atoms with Gasteiger partial charge in [0.2, 0.25) is 5.96 Å². The van der Waals surface area contributed by atoms with Crippen LogP contribution >= 0.6 is 23.2 Å². The second kappa shape index (κ2) is 10.2. The minimum atomic E-state index is -0.886. The van der Waals surface area contributed by atoms with Crippen LogP contribution in [0.15, 0.2) is 75.4 Å². The average molecular weight is 553 g/mol. The third-order valence-corrected chi connectivity index (χ3v) is 6.58. The molecule has 3 N–H and O–H groups in total. The first-order chi connectivity index (χ1) is 18.2. The van der Waals surface area contributed by atoms with E-state index in [4.69, 9.17) is 27.6 Å². The van der Waals surface area contributed by atoms with Crippen LogP contribution in [-0.2, 0) is 4.79 Å². The van der Waals surface area contributed by atoms with E-state index < -0.39 is 17.8 Å². The van der Waals surface area contributed by atoms with Gasteiger partial charge in [-0.3, -0.25) is 14.9 Å². The second-order valence-corrected chi connectivity index (χ2v) is 9.17. The fourth-order valence-corrected chi connectivity index (χ4v) is 4.36. The number of ketones is 1. The van der Waals surface area contributed by atoms with Crippen LogP contribution < -0.4 is 16.0 Å². The standard InChI is InChI=1S/C26H19Cl2FN6O3/c1-12-21(24(37)33-20-10-14(13(2)36)8-9-30-20)23(16-4-3-5-17(27)22(16)28)34-25(31-12)35-26-32-18-7-6-15(29)11-19(18)38-26/h3-11,23H,1-2H3,(H,30,33,37)(H2,31,32,34,35). The van der Waals surface area contributed by atoms with Gasteiger partial charge in [-0.15, -0.1) is 0 Å². The Balaban J connectivity index is 1.50. The van der Waals surface area contributed by atoms with Crippen LogP contribution in [0.3, 0.4) is 0 Å². The first kappa shape index (κ1) is 25.4. The Morgan fingerprint density at radius 3 is 2.74 bits per heavy atom. The predicted octanol–water partition coefficient (Wildman–Crippen LogP) is 5.90. The zero-order valence-electron chi connectivity index (χ0n) is 20.0. The Morgan fingerprint density at radius 1 is 1.13 bits per heavy atom. The first-order valence-electron chi connectivity index (χ1n) is 11.3. The van der Waals surface area contributed by atoms with Crippen LogP contribution in [-0.4, -0.2) is 27.6 Å². The molecule has 0 spiro atoms. The van der Waals surface area contributed by atoms with Gasteiger partial charge >= 0.3 is 6.01 Å². The number of hydrogen-bond acceptors (Lipinski definition) is 8. The zero-order chi connectivity index (χ0) is 27.0. The van der Waals surface area contributed by atoms with Crippen LogP contribution in [0.5, 0.6) is 0 Å². The fraction of sp³-hybridized carbons (Fsp3) is 0.115. The van der Waals surface area contributed by atoms with Crippen LogP contribution in [0, 0.1) is 5.82 Å². The Morgan fingerprint density at radius 2 is 1.95 bits per heavy atom. The van der Waals surface area contributed by atoms with E-state index in [-0.39, 0.29) is 39.8 Å². The van der Waals surface area contributed by atoms with Crippen molar-refractivity contribution in [3.63, 3.8) is 0 Å². The molecule has 0 bridgehead atoms. The van der Waals surface area contributed by atoms with Crippen molar-refractivity contribution in [3.05, 3.63) is 93.0 Å². The topological polar surface area (TPSA) is 122 Å². The summed E-state index contributed by atoms with van der Waals surface area (Å²) in [7, 11) is 0. The summed E-state index contributed by atoms with van der Waals surface area (Å²) in [5.74, 6) is -0.719. The fourth-order valence-electron chi connectivity index (χ4n) is 3.95. The SMILES string of the molecule is CC(=O)c1ccnc(NC(=O)C2=C(C)NC(Nc3nc4ccc(F)cc4o3)=NC2c2cccc(Cl)c2Cl)c1. The largest absolute Gasteiger partial charge is 0.423 e. The number of halogens is 3. The molecule has 4 aromatic rings. The molecule has 1 unspecified atom stereocenters. The summed E-state index contributed by atoms with van der Waals surface area (Å²) in [6.07, 6.45) is 1.43. The van der Waals surface area contributed by atoms with Gasteiger partial charge < -0.3 is 15.1 Å². The lowest BCUT2D eigenvalue weighted by molar-refractivity contribution is -0.113. The number of amides is 1. The molecule has 38 heavy (non-hydrogen) atoms. The number of rotatable bonds is 5. The molecular formula is C26H19Cl2FN6O3. The van der Waals surface area contributed by atoms with Crippen molar-refractivity contribution in [1.29, 1.82) is 0 Å². The zero-order valence-corrected chi connectivity index (χ0v) is 21.5. The molecule has 1 aliphatic rings. The summed E-state index contributed by atoms with van der Waals surface area (Å²) >= 11 is 12.8. The molecular weight excluding hydrogens is 534 g/mol. The summed E-state index contributed by atoms with van der Waals surface area (Å²) < 4.78 is 19.2. The van der Waals surface area contributed by atoms with E-state index in [0.29, 0.717) is 27.4 Å². The van der Waals surface area contributed by atoms with Crippen LogP contribution in [0.1, 0.15) is 35.8 Å². The van der Waals surface area contributed by atoms with Crippen molar-refractivity contribution in [2.75, 3.05) is 10.6 Å². The Hall–Kier alpha value is -4.28. The summed E-state index contributed by atoms with van der Waals surface area (Å²) in [4.78, 5) is 38.3. The molecule has 0 radical (unpaired) electrons. The van der Waals surface area contributed by atoms with Gasteiger partial charge in [-0.1, -0.05) is 35.3 Å². The van der Waals surface area contributed by atoms with E-state index in [9.17, 15) is 14.0 Å². The smallest absolute Gasteiger partial charge is 0.302 e. The monoisotopic (exact) mass is 552 g/mol. The third kappa shape index (κ3) is 5.09. The van der Waals surface area contributed by atoms with E-state index in [0.717, 1.165) is 0 Å². The lowest BCUT2D eigenvalue weighted by Gasteiger charge is -2.27. The normalized spacial score (nSPS) is 15.2. The molecule has 0 fully saturated rings. The van der Waals surface area contributed by atoms with Gasteiger partial charge in [0.15, 0.2) is 11.4 Å². The number of allylic oxidation sites excluding steroid dienone is 1. The van der Waals surface area contributed by atoms with Crippen molar-refractivity contribution >= 4 is 63.8 Å². The maximum atomic E-state index is 13.6. The Bertz CT molecular complexity index is 1670. The van der Waals surface area contributed by atoms with E-state index in [1.54, 1.807) is 31.2 Å². The summed E-state index contributed by atoms with van der Waals surface area (Å²) in [5.41, 5.74) is 2.29. The van der Waals surface area contributed by atoms with Gasteiger partial charge in [-0.2, -0.15) is 4.98 Å². The van der Waals surface area contributed by atoms with Crippen molar-refractivity contribution in [1.82, 2.24) is 15.3 Å². The molecule has 0 saturated carbocycles. The summed E-state index contributed by atoms with van der Waals surface area (Å²) in [6, 6.07) is 11.3. The molecule has 0 aliphatic carbocycles. The van der Waals surface area contributed by atoms with Gasteiger partial charge in [-0.05, 0) is 44.2 Å². The Kier molecular flexibility index (Phi) is 6.83. The summed E-state index contributed by atoms with van der Waals surface area (Å²) in [6.45, 7) is 3.12. The molecule has 0 saturated heterocycles. The van der Waals surface area contributed by atoms with Crippen molar-refractivity contribution in [2.45, 2.75) is 19.9 Å². The molecule has 5 rings (SSSR count). The third-order valence-electron chi connectivity index (χ3n) is 5.75. The first-order valence-corrected chi connectivity index (χ1v) is 12.1. The number of carbonyl (C=O) groups is 2. The number of fused-ring (bicyclic) bond motifs is 1. The summed E-state index contributed by atoms with van der Waals surface area (Å²) in [5, 5.41) is 9.22. The number of benzene rings is 2. The molecule has 2 aromatic carbocycles. The van der Waals surface area contributed by atoms with Gasteiger partial charge in [0.1, 0.15) is 23.2 Å². The Labute approximate surface area is 225 Å².